The molecule has 18 heavy (non-hydrogen) atoms. The van der Waals surface area contributed by atoms with E-state index in [0.29, 0.717) is 6.07 Å². The summed E-state index contributed by atoms with van der Waals surface area (Å²) in [5.74, 6) is -2.11. The van der Waals surface area contributed by atoms with Gasteiger partial charge in [-0.1, -0.05) is 5.92 Å². The molecule has 2 aromatic rings. The van der Waals surface area contributed by atoms with Crippen molar-refractivity contribution in [3.63, 3.8) is 0 Å². The monoisotopic (exact) mass is 249 g/mol. The minimum absolute atomic E-state index is 0.105. The fraction of sp³-hybridized carbons (Fsp3) is 0. The molecule has 90 valence electrons. The van der Waals surface area contributed by atoms with Gasteiger partial charge in [0.25, 0.3) is 0 Å². The zero-order chi connectivity index (χ0) is 13.4. The van der Waals surface area contributed by atoms with E-state index in [9.17, 15) is 18.4 Å². The normalized spacial score (nSPS) is 10.3. The van der Waals surface area contributed by atoms with Crippen LogP contribution in [0, 0.1) is 24.0 Å². The molecule has 2 rings (SSSR count). The van der Waals surface area contributed by atoms with Gasteiger partial charge in [-0.2, -0.15) is 0 Å². The minimum Gasteiger partial charge on any atom is -0.477 e. The van der Waals surface area contributed by atoms with E-state index in [2.05, 4.69) is 4.98 Å². The van der Waals surface area contributed by atoms with Crippen molar-refractivity contribution in [2.24, 2.45) is 0 Å². The van der Waals surface area contributed by atoms with Gasteiger partial charge < -0.3 is 10.1 Å². The van der Waals surface area contributed by atoms with Crippen molar-refractivity contribution < 1.29 is 18.7 Å². The van der Waals surface area contributed by atoms with Crippen molar-refractivity contribution in [2.75, 3.05) is 0 Å². The van der Waals surface area contributed by atoms with Gasteiger partial charge in [-0.15, -0.1) is 6.42 Å². The lowest BCUT2D eigenvalue weighted by Gasteiger charge is -2.04. The Kier molecular flexibility index (Phi) is 2.60. The Balaban J connectivity index is 3.03. The molecule has 1 heterocycles. The van der Waals surface area contributed by atoms with Crippen LogP contribution in [0.15, 0.2) is 17.1 Å². The van der Waals surface area contributed by atoms with Gasteiger partial charge in [0.15, 0.2) is 11.6 Å². The van der Waals surface area contributed by atoms with Crippen LogP contribution < -0.4 is 5.43 Å². The highest BCUT2D eigenvalue weighted by Gasteiger charge is 2.18. The molecule has 0 bridgehead atoms. The molecule has 1 aromatic carbocycles. The number of nitrogens with one attached hydrogen (secondary N) is 1. The number of carboxylic acid groups (broad SMARTS) is 1. The van der Waals surface area contributed by atoms with Crippen molar-refractivity contribution >= 4 is 16.9 Å². The molecule has 2 N–H and O–H groups in total. The number of pyridine rings is 1. The molecule has 4 nitrogen and oxygen atoms in total. The van der Waals surface area contributed by atoms with Crippen molar-refractivity contribution in [3.05, 3.63) is 45.2 Å². The summed E-state index contributed by atoms with van der Waals surface area (Å²) in [5.41, 5.74) is -2.05. The molecule has 0 atom stereocenters. The predicted molar refractivity (Wildman–Crippen MR) is 59.4 cm³/mol. The maximum Gasteiger partial charge on any atom is 0.341 e. The second-order valence-corrected chi connectivity index (χ2v) is 3.45. The third-order valence-electron chi connectivity index (χ3n) is 2.44. The lowest BCUT2D eigenvalue weighted by molar-refractivity contribution is 0.0695. The van der Waals surface area contributed by atoms with Gasteiger partial charge in [0.05, 0.1) is 16.5 Å². The summed E-state index contributed by atoms with van der Waals surface area (Å²) in [6.07, 6.45) is 5.93. The Bertz CT molecular complexity index is 771. The molecule has 0 aliphatic rings. The van der Waals surface area contributed by atoms with Crippen LogP contribution in [-0.2, 0) is 0 Å². The van der Waals surface area contributed by atoms with E-state index < -0.39 is 34.2 Å². The molecule has 0 aliphatic carbocycles. The average Bonchev–Trinajstić information content (AvgIpc) is 2.32. The summed E-state index contributed by atoms with van der Waals surface area (Å²) in [5, 5.41) is 8.44. The summed E-state index contributed by atoms with van der Waals surface area (Å²) in [6, 6.07) is 0.622. The van der Waals surface area contributed by atoms with Crippen LogP contribution in [0.4, 0.5) is 8.78 Å². The Morgan fingerprint density at radius 2 is 2.11 bits per heavy atom. The van der Waals surface area contributed by atoms with Crippen LogP contribution in [-0.4, -0.2) is 16.1 Å². The molecule has 0 unspecified atom stereocenters. The Labute approximate surface area is 98.9 Å². The third-order valence-corrected chi connectivity index (χ3v) is 2.44. The number of halogens is 2. The van der Waals surface area contributed by atoms with E-state index in [1.165, 1.54) is 0 Å². The number of aromatic carboxylic acids is 1. The van der Waals surface area contributed by atoms with Crippen LogP contribution in [0.25, 0.3) is 10.9 Å². The quantitative estimate of drug-likeness (QED) is 0.752. The second-order valence-electron chi connectivity index (χ2n) is 3.45. The van der Waals surface area contributed by atoms with Gasteiger partial charge in [-0.3, -0.25) is 4.79 Å². The predicted octanol–water partition coefficient (Wildman–Crippen LogP) is 1.49. The first-order chi connectivity index (χ1) is 8.47. The number of hydrogen-bond acceptors (Lipinski definition) is 2. The summed E-state index contributed by atoms with van der Waals surface area (Å²) in [7, 11) is 0. The van der Waals surface area contributed by atoms with Crippen LogP contribution >= 0.6 is 0 Å². The largest absolute Gasteiger partial charge is 0.477 e. The second kappa shape index (κ2) is 3.96. The Morgan fingerprint density at radius 3 is 2.67 bits per heavy atom. The number of carboxylic acids is 1. The molecular formula is C12H5F2NO3. The molecule has 6 heteroatoms. The SMILES string of the molecule is C#Cc1c(F)c(F)cc2c(=O)c(C(=O)O)c[nH]c12. The number of H-pyrrole nitrogens is 1. The smallest absolute Gasteiger partial charge is 0.341 e. The fourth-order valence-corrected chi connectivity index (χ4v) is 1.60. The van der Waals surface area contributed by atoms with E-state index >= 15 is 0 Å². The lowest BCUT2D eigenvalue weighted by atomic mass is 10.1. The van der Waals surface area contributed by atoms with Gasteiger partial charge in [0.2, 0.25) is 5.43 Å². The van der Waals surface area contributed by atoms with Gasteiger partial charge in [-0.25, -0.2) is 13.6 Å². The van der Waals surface area contributed by atoms with Gasteiger partial charge >= 0.3 is 5.97 Å². The van der Waals surface area contributed by atoms with Crippen molar-refractivity contribution in [1.29, 1.82) is 0 Å². The number of hydrogen-bond donors (Lipinski definition) is 2. The molecule has 0 amide bonds. The topological polar surface area (TPSA) is 70.2 Å². The molecular weight excluding hydrogens is 244 g/mol. The number of fused-ring (bicyclic) bond motifs is 1. The van der Waals surface area contributed by atoms with Crippen LogP contribution in [0.3, 0.4) is 0 Å². The van der Waals surface area contributed by atoms with E-state index in [1.54, 1.807) is 0 Å². The van der Waals surface area contributed by atoms with E-state index in [0.717, 1.165) is 6.20 Å². The highest BCUT2D eigenvalue weighted by Crippen LogP contribution is 2.20. The highest BCUT2D eigenvalue weighted by atomic mass is 19.2. The Hall–Kier alpha value is -2.68. The lowest BCUT2D eigenvalue weighted by Crippen LogP contribution is -2.16. The highest BCUT2D eigenvalue weighted by molar-refractivity contribution is 5.93. The van der Waals surface area contributed by atoms with E-state index in [1.807, 2.05) is 5.92 Å². The standard InChI is InChI=1S/C12H5F2NO3/c1-2-5-9(14)8(13)3-6-10(5)15-4-7(11(6)16)12(17)18/h1,3-4H,(H,15,16)(H,17,18). The minimum atomic E-state index is -1.47. The number of rotatable bonds is 1. The summed E-state index contributed by atoms with van der Waals surface area (Å²) < 4.78 is 26.6. The van der Waals surface area contributed by atoms with Gasteiger partial charge in [0, 0.05) is 6.20 Å². The maximum absolute atomic E-state index is 13.4. The zero-order valence-corrected chi connectivity index (χ0v) is 8.75. The van der Waals surface area contributed by atoms with Crippen molar-refractivity contribution in [2.45, 2.75) is 0 Å². The molecule has 0 saturated heterocycles. The van der Waals surface area contributed by atoms with Crippen molar-refractivity contribution in [3.8, 4) is 12.3 Å². The average molecular weight is 249 g/mol. The summed E-state index contributed by atoms with van der Waals surface area (Å²) in [6.45, 7) is 0. The number of aromatic nitrogens is 1. The van der Waals surface area contributed by atoms with Crippen molar-refractivity contribution in [1.82, 2.24) is 4.98 Å². The molecule has 1 aromatic heterocycles. The maximum atomic E-state index is 13.4. The summed E-state index contributed by atoms with van der Waals surface area (Å²) >= 11 is 0. The molecule has 0 saturated carbocycles. The first-order valence-corrected chi connectivity index (χ1v) is 4.70. The van der Waals surface area contributed by atoms with E-state index in [-0.39, 0.29) is 10.9 Å². The number of terminal acetylenes is 1. The van der Waals surface area contributed by atoms with Gasteiger partial charge in [-0.05, 0) is 6.07 Å². The van der Waals surface area contributed by atoms with Crippen LogP contribution in [0.2, 0.25) is 0 Å². The molecule has 0 fully saturated rings. The summed E-state index contributed by atoms with van der Waals surface area (Å²) in [4.78, 5) is 24.9. The first-order valence-electron chi connectivity index (χ1n) is 4.70. The zero-order valence-electron chi connectivity index (χ0n) is 8.75. The van der Waals surface area contributed by atoms with E-state index in [4.69, 9.17) is 11.5 Å². The number of aromatic amines is 1. The molecule has 0 radical (unpaired) electrons. The molecule has 0 spiro atoms. The fourth-order valence-electron chi connectivity index (χ4n) is 1.60. The third kappa shape index (κ3) is 1.53. The van der Waals surface area contributed by atoms with Crippen LogP contribution in [0.1, 0.15) is 15.9 Å². The van der Waals surface area contributed by atoms with Gasteiger partial charge in [0.1, 0.15) is 5.56 Å². The Morgan fingerprint density at radius 1 is 1.44 bits per heavy atom. The first kappa shape index (κ1) is 11.8. The van der Waals surface area contributed by atoms with Crippen LogP contribution in [0.5, 0.6) is 0 Å². The molecule has 0 aliphatic heterocycles. The number of carbonyl (C=O) groups is 1. The number of benzene rings is 1.